The second-order valence-electron chi connectivity index (χ2n) is 0. The second kappa shape index (κ2) is 72.7. The van der Waals surface area contributed by atoms with Crippen molar-refractivity contribution in [3.8, 4) is 0 Å². The van der Waals surface area contributed by atoms with Gasteiger partial charge >= 0.3 is 0 Å². The fraction of sp³-hybridized carbons (Fsp3) is 1.00. The van der Waals surface area contributed by atoms with E-state index in [1.165, 1.54) is 0 Å². The minimum Gasteiger partial charge on any atom is -0.0776 e. The Balaban J connectivity index is 0. The molecule has 0 saturated carbocycles. The summed E-state index contributed by atoms with van der Waals surface area (Å²) in [5.74, 6) is 0. The molecule has 0 N–H and O–H groups in total. The first-order chi connectivity index (χ1) is 0. The van der Waals surface area contributed by atoms with Gasteiger partial charge in [0.2, 0.25) is 0 Å². The van der Waals surface area contributed by atoms with Crippen LogP contribution in [0.5, 0.6) is 0 Å². The van der Waals surface area contributed by atoms with E-state index in [2.05, 4.69) is 0 Å². The van der Waals surface area contributed by atoms with Crippen LogP contribution >= 0.6 is 0 Å². The van der Waals surface area contributed by atoms with Crippen molar-refractivity contribution in [1.29, 1.82) is 0 Å². The first-order valence-corrected chi connectivity index (χ1v) is 0. The first kappa shape index (κ1) is 115. The molecule has 0 aliphatic heterocycles. The van der Waals surface area contributed by atoms with Crippen molar-refractivity contribution in [2.45, 2.75) is 22.3 Å². The molecule has 0 atom stereocenters. The molecule has 0 heterocycles. The number of hydrogen-bond donors (Lipinski definition) is 0. The number of hydrogen-bond acceptors (Lipinski definition) is 0. The molecule has 0 aliphatic rings. The third-order valence-electron chi connectivity index (χ3n) is 0. The predicted octanol–water partition coefficient (Wildman–Crippen LogP) is 1.90. The van der Waals surface area contributed by atoms with Gasteiger partial charge in [-0.15, -0.1) is 0 Å². The van der Waals surface area contributed by atoms with Crippen molar-refractivity contribution in [3.63, 3.8) is 0 Å². The average molecular weight is 207 g/mol. The van der Waals surface area contributed by atoms with Gasteiger partial charge in [0, 0.05) is 55.9 Å². The minimum absolute atomic E-state index is 0. The molecular weight excluding hydrogens is 195 g/mol. The molecule has 6 heavy (non-hydrogen) atoms. The molecule has 0 nitrogen and oxygen atoms in total. The van der Waals surface area contributed by atoms with Crippen molar-refractivity contribution in [1.82, 2.24) is 0 Å². The molecule has 43 valence electrons. The van der Waals surface area contributed by atoms with Gasteiger partial charge in [0.15, 0.2) is 0 Å². The van der Waals surface area contributed by atoms with Gasteiger partial charge in [-0.05, 0) is 0 Å². The Morgan fingerprint density at radius 3 is 0.667 bits per heavy atom. The quantitative estimate of drug-likeness (QED) is 0.532. The fourth-order valence-corrected chi connectivity index (χ4v) is 0. The summed E-state index contributed by atoms with van der Waals surface area (Å²) in [7, 11) is 0. The van der Waals surface area contributed by atoms with Gasteiger partial charge in [-0.1, -0.05) is 22.3 Å². The summed E-state index contributed by atoms with van der Waals surface area (Å²) in [6, 6.07) is 0. The molecule has 0 unspecified atom stereocenters. The Bertz CT molecular complexity index is 10.8. The largest absolute Gasteiger partial charge is 0.0776 e. The first-order valence-electron chi connectivity index (χ1n) is 0. The molecule has 1 radical (unpaired) electrons. The van der Waals surface area contributed by atoms with Crippen LogP contribution in [0.15, 0.2) is 0 Å². The van der Waals surface area contributed by atoms with Crippen molar-refractivity contribution in [2.75, 3.05) is 0 Å². The molecule has 0 aromatic carbocycles. The Morgan fingerprint density at radius 2 is 0.667 bits per heavy atom. The zero-order chi connectivity index (χ0) is 0. The molecule has 0 fully saturated rings. The molecule has 0 aliphatic carbocycles. The van der Waals surface area contributed by atoms with Gasteiger partial charge in [-0.25, -0.2) is 0 Å². The molecule has 0 aromatic heterocycles. The molecule has 0 bridgehead atoms. The smallest absolute Gasteiger partial charge is 0 e. The maximum absolute atomic E-state index is 0. The molecule has 0 rings (SSSR count). The zero-order valence-corrected chi connectivity index (χ0v) is 5.12. The Hall–Kier alpha value is 1.75. The van der Waals surface area contributed by atoms with E-state index >= 15 is 0 Å². The zero-order valence-electron chi connectivity index (χ0n) is 1.24. The van der Waals surface area contributed by atoms with Crippen LogP contribution in [0, 0.1) is 0 Å². The van der Waals surface area contributed by atoms with E-state index < -0.39 is 0 Å². The summed E-state index contributed by atoms with van der Waals surface area (Å²) >= 11 is 0. The topological polar surface area (TPSA) is 0 Å². The van der Waals surface area contributed by atoms with E-state index in [1.807, 2.05) is 0 Å². The van der Waals surface area contributed by atoms with Crippen molar-refractivity contribution >= 4 is 0 Å². The Kier molecular flexibility index (Phi) is 1390. The SMILES string of the molecule is C.C.C.[Co].[Cr].[Ti]. The normalized spacial score (nSPS) is 0. The van der Waals surface area contributed by atoms with Gasteiger partial charge in [0.25, 0.3) is 0 Å². The average Bonchev–Trinajstić information content (AvgIpc) is 0. The number of rotatable bonds is 0. The van der Waals surface area contributed by atoms with E-state index in [-0.39, 0.29) is 78.1 Å². The van der Waals surface area contributed by atoms with Gasteiger partial charge in [-0.3, -0.25) is 0 Å². The van der Waals surface area contributed by atoms with E-state index in [0.717, 1.165) is 0 Å². The summed E-state index contributed by atoms with van der Waals surface area (Å²) in [4.78, 5) is 0. The summed E-state index contributed by atoms with van der Waals surface area (Å²) < 4.78 is 0. The maximum Gasteiger partial charge on any atom is 0 e. The minimum atomic E-state index is 0. The van der Waals surface area contributed by atoms with Gasteiger partial charge in [0.05, 0.1) is 0 Å². The van der Waals surface area contributed by atoms with Crippen LogP contribution in [0.3, 0.4) is 0 Å². The van der Waals surface area contributed by atoms with Crippen molar-refractivity contribution < 1.29 is 55.9 Å². The summed E-state index contributed by atoms with van der Waals surface area (Å²) in [6.45, 7) is 0. The second-order valence-corrected chi connectivity index (χ2v) is 0. The maximum atomic E-state index is 0. The van der Waals surface area contributed by atoms with E-state index in [0.29, 0.717) is 0 Å². The van der Waals surface area contributed by atoms with Crippen LogP contribution in [0.4, 0.5) is 0 Å². The third-order valence-corrected chi connectivity index (χ3v) is 0. The van der Waals surface area contributed by atoms with Crippen LogP contribution < -0.4 is 0 Å². The molecule has 0 amide bonds. The molecule has 0 aromatic rings. The Morgan fingerprint density at radius 1 is 0.667 bits per heavy atom. The van der Waals surface area contributed by atoms with Crippen molar-refractivity contribution in [3.05, 3.63) is 0 Å². The van der Waals surface area contributed by atoms with Crippen LogP contribution in [0.25, 0.3) is 0 Å². The van der Waals surface area contributed by atoms with E-state index in [4.69, 9.17) is 0 Å². The van der Waals surface area contributed by atoms with Gasteiger partial charge < -0.3 is 0 Å². The van der Waals surface area contributed by atoms with Crippen LogP contribution in [0.2, 0.25) is 0 Å². The summed E-state index contributed by atoms with van der Waals surface area (Å²) in [5, 5.41) is 0. The summed E-state index contributed by atoms with van der Waals surface area (Å²) in [6.07, 6.45) is 0. The van der Waals surface area contributed by atoms with Gasteiger partial charge in [-0.2, -0.15) is 0 Å². The Labute approximate surface area is 77.7 Å². The molecule has 0 saturated heterocycles. The summed E-state index contributed by atoms with van der Waals surface area (Å²) in [5.41, 5.74) is 0. The van der Waals surface area contributed by atoms with Crippen LogP contribution in [-0.4, -0.2) is 0 Å². The van der Waals surface area contributed by atoms with Gasteiger partial charge in [0.1, 0.15) is 0 Å². The molecule has 3 heteroatoms. The van der Waals surface area contributed by atoms with E-state index in [9.17, 15) is 0 Å². The molecule has 0 spiro atoms. The molecular formula is C3H12CoCrTi. The standard InChI is InChI=1S/3CH4.Co.Cr.Ti/h3*1H4;;;. The van der Waals surface area contributed by atoms with Crippen molar-refractivity contribution in [2.24, 2.45) is 0 Å². The van der Waals surface area contributed by atoms with Crippen LogP contribution in [0.1, 0.15) is 22.3 Å². The monoisotopic (exact) mass is 207 g/mol. The van der Waals surface area contributed by atoms with E-state index in [1.54, 1.807) is 0 Å². The fourth-order valence-electron chi connectivity index (χ4n) is 0. The third kappa shape index (κ3) is 42.3. The predicted molar refractivity (Wildman–Crippen MR) is 20.2 cm³/mol. The van der Waals surface area contributed by atoms with Crippen LogP contribution in [-0.2, 0) is 55.9 Å².